The lowest BCUT2D eigenvalue weighted by Crippen LogP contribution is -2.34. The Hall–Kier alpha value is -3.06. The minimum Gasteiger partial charge on any atom is -0.371 e. The number of pyridine rings is 1. The summed E-state index contributed by atoms with van der Waals surface area (Å²) in [6.45, 7) is 6.16. The molecule has 0 saturated heterocycles. The van der Waals surface area contributed by atoms with Crippen LogP contribution in [0.5, 0.6) is 0 Å². The molecule has 6 nitrogen and oxygen atoms in total. The largest absolute Gasteiger partial charge is 0.371 e. The summed E-state index contributed by atoms with van der Waals surface area (Å²) in [6, 6.07) is 8.24. The maximum atomic E-state index is 14.1. The maximum absolute atomic E-state index is 14.1. The molecule has 0 radical (unpaired) electrons. The lowest BCUT2D eigenvalue weighted by atomic mass is 9.91. The number of anilines is 2. The number of amides is 1. The molecule has 1 N–H and O–H groups in total. The van der Waals surface area contributed by atoms with Crippen LogP contribution in [0.25, 0.3) is 0 Å². The van der Waals surface area contributed by atoms with Gasteiger partial charge in [0.1, 0.15) is 17.5 Å². The van der Waals surface area contributed by atoms with Crippen LogP contribution in [0, 0.1) is 32.5 Å². The third-order valence-electron chi connectivity index (χ3n) is 6.09. The Morgan fingerprint density at radius 3 is 2.72 bits per heavy atom. The molecule has 1 fully saturated rings. The molecule has 32 heavy (non-hydrogen) atoms. The fourth-order valence-electron chi connectivity index (χ4n) is 4.31. The third kappa shape index (κ3) is 4.30. The van der Waals surface area contributed by atoms with Gasteiger partial charge in [-0.2, -0.15) is 0 Å². The number of likely N-dealkylation sites (N-methyl/N-ethyl adjacent to an activating group) is 1. The zero-order valence-corrected chi connectivity index (χ0v) is 19.2. The summed E-state index contributed by atoms with van der Waals surface area (Å²) in [7, 11) is 1.94. The molecule has 0 aliphatic heterocycles. The first-order valence-corrected chi connectivity index (χ1v) is 10.8. The number of nitrogens with one attached hydrogen (secondary N) is 1. The molecule has 1 saturated carbocycles. The summed E-state index contributed by atoms with van der Waals surface area (Å²) >= 11 is 6.04. The Morgan fingerprint density at radius 1 is 1.25 bits per heavy atom. The standard InChI is InChI=1S/C24H25ClFN5O/c1-14-8-22(28-11-20(14)25)30-23(32)19-10-24(19,17-6-5-7-18(26)9-17)13-31(4)21-12-27-16(3)29-15(21)2/h5-9,11-12,19H,10,13H2,1-4H3,(H,28,30,32)/t19-,24+/m0/s1. The van der Waals surface area contributed by atoms with Crippen LogP contribution in [0.1, 0.15) is 29.1 Å². The van der Waals surface area contributed by atoms with Crippen molar-refractivity contribution in [1.29, 1.82) is 0 Å². The molecule has 2 aromatic heterocycles. The lowest BCUT2D eigenvalue weighted by Gasteiger charge is -2.28. The fraction of sp³-hybridized carbons (Fsp3) is 0.333. The van der Waals surface area contributed by atoms with Crippen molar-refractivity contribution in [2.24, 2.45) is 5.92 Å². The molecule has 8 heteroatoms. The van der Waals surface area contributed by atoms with Crippen molar-refractivity contribution in [3.8, 4) is 0 Å². The molecule has 1 aliphatic rings. The number of hydrogen-bond acceptors (Lipinski definition) is 5. The fourth-order valence-corrected chi connectivity index (χ4v) is 4.42. The van der Waals surface area contributed by atoms with Gasteiger partial charge in [0.05, 0.1) is 28.5 Å². The molecule has 2 heterocycles. The van der Waals surface area contributed by atoms with Crippen LogP contribution in [-0.4, -0.2) is 34.5 Å². The van der Waals surface area contributed by atoms with Crippen molar-refractivity contribution >= 4 is 29.0 Å². The number of hydrogen-bond donors (Lipinski definition) is 1. The topological polar surface area (TPSA) is 71.0 Å². The predicted octanol–water partition coefficient (Wildman–Crippen LogP) is 4.62. The van der Waals surface area contributed by atoms with E-state index in [0.29, 0.717) is 29.6 Å². The Kier molecular flexibility index (Phi) is 5.86. The second kappa shape index (κ2) is 8.47. The molecule has 2 atom stereocenters. The normalized spacial score (nSPS) is 19.5. The van der Waals surface area contributed by atoms with Crippen LogP contribution in [0.3, 0.4) is 0 Å². The molecular formula is C24H25ClFN5O. The van der Waals surface area contributed by atoms with Gasteiger partial charge in [0.25, 0.3) is 0 Å². The van der Waals surface area contributed by atoms with E-state index in [1.807, 2.05) is 38.8 Å². The molecule has 0 spiro atoms. The van der Waals surface area contributed by atoms with Crippen LogP contribution in [0.15, 0.2) is 42.7 Å². The number of carbonyl (C=O) groups is 1. The Balaban J connectivity index is 1.61. The first-order valence-electron chi connectivity index (χ1n) is 10.4. The van der Waals surface area contributed by atoms with E-state index in [1.54, 1.807) is 18.3 Å². The van der Waals surface area contributed by atoms with Crippen molar-refractivity contribution in [3.05, 3.63) is 76.2 Å². The van der Waals surface area contributed by atoms with Crippen LogP contribution < -0.4 is 10.2 Å². The van der Waals surface area contributed by atoms with Crippen molar-refractivity contribution in [1.82, 2.24) is 15.0 Å². The molecule has 1 amide bonds. The van der Waals surface area contributed by atoms with E-state index in [0.717, 1.165) is 22.5 Å². The zero-order valence-electron chi connectivity index (χ0n) is 18.5. The number of nitrogens with zero attached hydrogens (tertiary/aromatic N) is 4. The SMILES string of the molecule is Cc1ncc(N(C)C[C@@]2(c3cccc(F)c3)C[C@H]2C(=O)Nc2cc(C)c(Cl)cn2)c(C)n1. The van der Waals surface area contributed by atoms with Crippen molar-refractivity contribution in [3.63, 3.8) is 0 Å². The maximum Gasteiger partial charge on any atom is 0.229 e. The summed E-state index contributed by atoms with van der Waals surface area (Å²) in [5, 5.41) is 3.44. The summed E-state index contributed by atoms with van der Waals surface area (Å²) < 4.78 is 14.1. The quantitative estimate of drug-likeness (QED) is 0.589. The van der Waals surface area contributed by atoms with E-state index in [2.05, 4.69) is 20.3 Å². The number of aryl methyl sites for hydroxylation is 3. The van der Waals surface area contributed by atoms with Gasteiger partial charge >= 0.3 is 0 Å². The Bertz CT molecular complexity index is 1190. The van der Waals surface area contributed by atoms with Gasteiger partial charge in [0.15, 0.2) is 0 Å². The average molecular weight is 454 g/mol. The van der Waals surface area contributed by atoms with Crippen LogP contribution in [0.2, 0.25) is 5.02 Å². The summed E-state index contributed by atoms with van der Waals surface area (Å²) in [5.74, 6) is 0.368. The summed E-state index contributed by atoms with van der Waals surface area (Å²) in [6.07, 6.45) is 3.91. The van der Waals surface area contributed by atoms with Crippen molar-refractivity contribution < 1.29 is 9.18 Å². The highest BCUT2D eigenvalue weighted by atomic mass is 35.5. The number of carbonyl (C=O) groups excluding carboxylic acids is 1. The van der Waals surface area contributed by atoms with Crippen LogP contribution in [0.4, 0.5) is 15.9 Å². The van der Waals surface area contributed by atoms with Gasteiger partial charge in [-0.3, -0.25) is 4.79 Å². The smallest absolute Gasteiger partial charge is 0.229 e. The van der Waals surface area contributed by atoms with E-state index in [9.17, 15) is 9.18 Å². The number of benzene rings is 1. The van der Waals surface area contributed by atoms with E-state index in [-0.39, 0.29) is 17.6 Å². The highest BCUT2D eigenvalue weighted by molar-refractivity contribution is 6.31. The molecule has 4 rings (SSSR count). The van der Waals surface area contributed by atoms with Gasteiger partial charge in [-0.05, 0) is 56.5 Å². The molecule has 1 aliphatic carbocycles. The van der Waals surface area contributed by atoms with E-state index < -0.39 is 5.41 Å². The van der Waals surface area contributed by atoms with E-state index in [4.69, 9.17) is 11.6 Å². The average Bonchev–Trinajstić information content (AvgIpc) is 3.46. The highest BCUT2D eigenvalue weighted by Gasteiger charge is 2.59. The number of rotatable bonds is 6. The zero-order chi connectivity index (χ0) is 23.0. The first-order chi connectivity index (χ1) is 15.2. The Morgan fingerprint density at radius 2 is 2.03 bits per heavy atom. The third-order valence-corrected chi connectivity index (χ3v) is 6.49. The van der Waals surface area contributed by atoms with Gasteiger partial charge < -0.3 is 10.2 Å². The molecule has 1 aromatic carbocycles. The van der Waals surface area contributed by atoms with Gasteiger partial charge in [-0.25, -0.2) is 19.3 Å². The van der Waals surface area contributed by atoms with Crippen LogP contribution >= 0.6 is 11.6 Å². The number of aromatic nitrogens is 3. The first kappa shape index (κ1) is 22.1. The van der Waals surface area contributed by atoms with Gasteiger partial charge in [0.2, 0.25) is 5.91 Å². The second-order valence-electron chi connectivity index (χ2n) is 8.48. The molecule has 3 aromatic rings. The molecule has 0 unspecified atom stereocenters. The Labute approximate surface area is 191 Å². The summed E-state index contributed by atoms with van der Waals surface area (Å²) in [5.41, 5.74) is 2.85. The molecule has 166 valence electrons. The van der Waals surface area contributed by atoms with E-state index >= 15 is 0 Å². The van der Waals surface area contributed by atoms with Crippen LogP contribution in [-0.2, 0) is 10.2 Å². The van der Waals surface area contributed by atoms with Crippen molar-refractivity contribution in [2.45, 2.75) is 32.6 Å². The van der Waals surface area contributed by atoms with Gasteiger partial charge in [0, 0.05) is 25.2 Å². The predicted molar refractivity (Wildman–Crippen MR) is 124 cm³/mol. The lowest BCUT2D eigenvalue weighted by molar-refractivity contribution is -0.117. The second-order valence-corrected chi connectivity index (χ2v) is 8.88. The van der Waals surface area contributed by atoms with Crippen molar-refractivity contribution in [2.75, 3.05) is 23.8 Å². The molecule has 0 bridgehead atoms. The minimum atomic E-state index is -0.528. The monoisotopic (exact) mass is 453 g/mol. The van der Waals surface area contributed by atoms with Gasteiger partial charge in [-0.15, -0.1) is 0 Å². The highest BCUT2D eigenvalue weighted by Crippen LogP contribution is 2.55. The van der Waals surface area contributed by atoms with E-state index in [1.165, 1.54) is 18.3 Å². The minimum absolute atomic E-state index is 0.145. The van der Waals surface area contributed by atoms with Gasteiger partial charge in [-0.1, -0.05) is 23.7 Å². The molecular weight excluding hydrogens is 429 g/mol. The number of halogens is 2. The summed E-state index contributed by atoms with van der Waals surface area (Å²) in [4.78, 5) is 28.2.